The van der Waals surface area contributed by atoms with Gasteiger partial charge >= 0.3 is 0 Å². The molecule has 144 valence electrons. The fourth-order valence-electron chi connectivity index (χ4n) is 2.53. The minimum atomic E-state index is -2.88. The van der Waals surface area contributed by atoms with Crippen molar-refractivity contribution in [2.24, 2.45) is 7.05 Å². The third-order valence-electron chi connectivity index (χ3n) is 3.81. The Labute approximate surface area is 154 Å². The maximum atomic E-state index is 14.1. The maximum absolute atomic E-state index is 14.1. The second kappa shape index (κ2) is 8.66. The molecule has 0 amide bonds. The summed E-state index contributed by atoms with van der Waals surface area (Å²) in [5.74, 6) is -0.0995. The zero-order valence-corrected chi connectivity index (χ0v) is 15.6. The number of aryl methyl sites for hydroxylation is 2. The first-order valence-corrected chi connectivity index (χ1v) is 8.51. The standard InChI is InChI=1S/C17H15F3N4O.C2H6/c1-9-22-13-6-14(25)24(2)8-12(13)17(23-9)21-7-10-4-3-5-11(15(10)18)16(19)20;1-2/h3-6,8,16H,7H2,1-2H3,(H,21,22,23);1-2H3. The zero-order valence-electron chi connectivity index (χ0n) is 15.6. The lowest BCUT2D eigenvalue weighted by atomic mass is 10.1. The van der Waals surface area contributed by atoms with Crippen LogP contribution in [-0.2, 0) is 13.6 Å². The number of nitrogens with one attached hydrogen (secondary N) is 1. The van der Waals surface area contributed by atoms with Gasteiger partial charge in [-0.15, -0.1) is 0 Å². The Bertz CT molecular complexity index is 1000. The van der Waals surface area contributed by atoms with E-state index < -0.39 is 17.8 Å². The molecular weight excluding hydrogens is 357 g/mol. The van der Waals surface area contributed by atoms with E-state index in [9.17, 15) is 18.0 Å². The van der Waals surface area contributed by atoms with Gasteiger partial charge in [0.25, 0.3) is 12.0 Å². The van der Waals surface area contributed by atoms with Gasteiger partial charge in [0, 0.05) is 31.4 Å². The molecule has 0 atom stereocenters. The number of nitrogens with zero attached hydrogens (tertiary/aromatic N) is 3. The van der Waals surface area contributed by atoms with Crippen molar-refractivity contribution in [2.45, 2.75) is 33.7 Å². The normalized spacial score (nSPS) is 10.7. The molecule has 2 aromatic heterocycles. The van der Waals surface area contributed by atoms with E-state index in [0.717, 1.165) is 6.07 Å². The summed E-state index contributed by atoms with van der Waals surface area (Å²) in [7, 11) is 1.59. The fraction of sp³-hybridized carbons (Fsp3) is 0.316. The Morgan fingerprint density at radius 2 is 1.93 bits per heavy atom. The highest BCUT2D eigenvalue weighted by Gasteiger charge is 2.16. The van der Waals surface area contributed by atoms with Crippen molar-refractivity contribution in [3.63, 3.8) is 0 Å². The lowest BCUT2D eigenvalue weighted by molar-refractivity contribution is 0.146. The van der Waals surface area contributed by atoms with E-state index in [1.54, 1.807) is 20.2 Å². The maximum Gasteiger partial charge on any atom is 0.266 e. The number of pyridine rings is 1. The number of hydrogen-bond acceptors (Lipinski definition) is 4. The van der Waals surface area contributed by atoms with Crippen LogP contribution in [0.3, 0.4) is 0 Å². The molecular formula is C19H21F3N4O. The quantitative estimate of drug-likeness (QED) is 0.733. The molecule has 0 saturated carbocycles. The highest BCUT2D eigenvalue weighted by Crippen LogP contribution is 2.25. The number of fused-ring (bicyclic) bond motifs is 1. The van der Waals surface area contributed by atoms with E-state index >= 15 is 0 Å². The highest BCUT2D eigenvalue weighted by molar-refractivity contribution is 5.88. The summed E-state index contributed by atoms with van der Waals surface area (Å²) in [6, 6.07) is 5.26. The second-order valence-corrected chi connectivity index (χ2v) is 5.62. The van der Waals surface area contributed by atoms with E-state index in [-0.39, 0.29) is 17.7 Å². The van der Waals surface area contributed by atoms with Crippen molar-refractivity contribution < 1.29 is 13.2 Å². The van der Waals surface area contributed by atoms with Gasteiger partial charge in [0.15, 0.2) is 0 Å². The van der Waals surface area contributed by atoms with Crippen LogP contribution in [0.15, 0.2) is 35.3 Å². The van der Waals surface area contributed by atoms with Crippen molar-refractivity contribution in [1.82, 2.24) is 14.5 Å². The average Bonchev–Trinajstić information content (AvgIpc) is 2.63. The smallest absolute Gasteiger partial charge is 0.266 e. The van der Waals surface area contributed by atoms with Crippen LogP contribution in [0.2, 0.25) is 0 Å². The van der Waals surface area contributed by atoms with E-state index in [4.69, 9.17) is 0 Å². The van der Waals surface area contributed by atoms with Gasteiger partial charge in [-0.3, -0.25) is 4.79 Å². The number of rotatable bonds is 4. The monoisotopic (exact) mass is 378 g/mol. The largest absolute Gasteiger partial charge is 0.365 e. The van der Waals surface area contributed by atoms with Gasteiger partial charge in [0.1, 0.15) is 17.5 Å². The zero-order chi connectivity index (χ0) is 20.1. The number of benzene rings is 1. The average molecular weight is 378 g/mol. The van der Waals surface area contributed by atoms with Gasteiger partial charge in [-0.25, -0.2) is 23.1 Å². The van der Waals surface area contributed by atoms with Gasteiger partial charge in [0.2, 0.25) is 0 Å². The van der Waals surface area contributed by atoms with E-state index in [1.807, 2.05) is 13.8 Å². The molecule has 2 heterocycles. The van der Waals surface area contributed by atoms with Crippen LogP contribution < -0.4 is 10.9 Å². The second-order valence-electron chi connectivity index (χ2n) is 5.62. The minimum absolute atomic E-state index is 0.0270. The van der Waals surface area contributed by atoms with Crippen molar-refractivity contribution in [2.75, 3.05) is 5.32 Å². The topological polar surface area (TPSA) is 59.8 Å². The van der Waals surface area contributed by atoms with Crippen LogP contribution in [0.4, 0.5) is 19.0 Å². The molecule has 0 fully saturated rings. The predicted octanol–water partition coefficient (Wildman–Crippen LogP) is 4.35. The molecule has 0 radical (unpaired) electrons. The molecule has 1 N–H and O–H groups in total. The molecule has 0 bridgehead atoms. The Kier molecular flexibility index (Phi) is 6.55. The third-order valence-corrected chi connectivity index (χ3v) is 3.81. The third kappa shape index (κ3) is 4.45. The summed E-state index contributed by atoms with van der Waals surface area (Å²) in [5.41, 5.74) is -0.287. The van der Waals surface area contributed by atoms with Crippen LogP contribution in [-0.4, -0.2) is 14.5 Å². The molecule has 0 aliphatic rings. The summed E-state index contributed by atoms with van der Waals surface area (Å²) in [6.45, 7) is 5.64. The van der Waals surface area contributed by atoms with Gasteiger partial charge in [-0.1, -0.05) is 32.0 Å². The molecule has 5 nitrogen and oxygen atoms in total. The lowest BCUT2D eigenvalue weighted by Gasteiger charge is -2.12. The summed E-state index contributed by atoms with van der Waals surface area (Å²) >= 11 is 0. The number of hydrogen-bond donors (Lipinski definition) is 1. The van der Waals surface area contributed by atoms with Crippen LogP contribution in [0, 0.1) is 12.7 Å². The fourth-order valence-corrected chi connectivity index (χ4v) is 2.53. The Balaban J connectivity index is 0.00000126. The van der Waals surface area contributed by atoms with Gasteiger partial charge < -0.3 is 9.88 Å². The van der Waals surface area contributed by atoms with Crippen LogP contribution in [0.25, 0.3) is 10.9 Å². The van der Waals surface area contributed by atoms with Crippen LogP contribution >= 0.6 is 0 Å². The molecule has 3 rings (SSSR count). The molecule has 8 heteroatoms. The molecule has 0 saturated heterocycles. The van der Waals surface area contributed by atoms with E-state index in [1.165, 1.54) is 22.8 Å². The molecule has 0 unspecified atom stereocenters. The van der Waals surface area contributed by atoms with Crippen LogP contribution in [0.1, 0.15) is 37.2 Å². The van der Waals surface area contributed by atoms with Crippen molar-refractivity contribution in [3.05, 3.63) is 63.6 Å². The molecule has 0 aliphatic carbocycles. The highest BCUT2D eigenvalue weighted by atomic mass is 19.3. The van der Waals surface area contributed by atoms with Crippen LogP contribution in [0.5, 0.6) is 0 Å². The number of alkyl halides is 2. The summed E-state index contributed by atoms with van der Waals surface area (Å²) in [5, 5.41) is 3.53. The first kappa shape index (κ1) is 20.4. The molecule has 0 aliphatic heterocycles. The first-order valence-electron chi connectivity index (χ1n) is 8.51. The van der Waals surface area contributed by atoms with Crippen molar-refractivity contribution >= 4 is 16.7 Å². The molecule has 3 aromatic rings. The van der Waals surface area contributed by atoms with Gasteiger partial charge in [-0.2, -0.15) is 0 Å². The van der Waals surface area contributed by atoms with Gasteiger partial charge in [-0.05, 0) is 6.92 Å². The molecule has 27 heavy (non-hydrogen) atoms. The van der Waals surface area contributed by atoms with E-state index in [0.29, 0.717) is 22.5 Å². The number of anilines is 1. The predicted molar refractivity (Wildman–Crippen MR) is 99.5 cm³/mol. The molecule has 0 spiro atoms. The lowest BCUT2D eigenvalue weighted by Crippen LogP contribution is -2.16. The van der Waals surface area contributed by atoms with Crippen molar-refractivity contribution in [1.29, 1.82) is 0 Å². The molecule has 1 aromatic carbocycles. The summed E-state index contributed by atoms with van der Waals surface area (Å²) in [6.07, 6.45) is -1.30. The number of halogens is 3. The van der Waals surface area contributed by atoms with Crippen molar-refractivity contribution in [3.8, 4) is 0 Å². The van der Waals surface area contributed by atoms with E-state index in [2.05, 4.69) is 15.3 Å². The summed E-state index contributed by atoms with van der Waals surface area (Å²) < 4.78 is 41.1. The first-order chi connectivity index (χ1) is 12.9. The Morgan fingerprint density at radius 3 is 2.59 bits per heavy atom. The Morgan fingerprint density at radius 1 is 1.22 bits per heavy atom. The minimum Gasteiger partial charge on any atom is -0.365 e. The Hall–Kier alpha value is -2.90. The SMILES string of the molecule is CC.Cc1nc(NCc2cccc(C(F)F)c2F)c2cn(C)c(=O)cc2n1. The van der Waals surface area contributed by atoms with Gasteiger partial charge in [0.05, 0.1) is 16.5 Å². The number of aromatic nitrogens is 3. The summed E-state index contributed by atoms with van der Waals surface area (Å²) in [4.78, 5) is 20.2.